The number of nitrogens with one attached hydrogen (secondary N) is 2. The Balaban J connectivity index is 1.67. The highest BCUT2D eigenvalue weighted by atomic mass is 19.1. The Hall–Kier alpha value is -1.43. The Morgan fingerprint density at radius 3 is 2.86 bits per heavy atom. The van der Waals surface area contributed by atoms with Gasteiger partial charge in [0.15, 0.2) is 0 Å². The van der Waals surface area contributed by atoms with Crippen LogP contribution >= 0.6 is 0 Å². The van der Waals surface area contributed by atoms with E-state index in [1.165, 1.54) is 12.8 Å². The fraction of sp³-hybridized carbons (Fsp3) is 0.733. The molecule has 0 bridgehead atoms. The molecular formula is C15H24FN5. The SMILES string of the molecule is CCc1cc(NC[C@@H]2C[C@H](F)CN2)nc(N2CCCC2)n1. The van der Waals surface area contributed by atoms with Crippen molar-refractivity contribution in [2.75, 3.05) is 36.4 Å². The first-order chi connectivity index (χ1) is 10.2. The van der Waals surface area contributed by atoms with Crippen LogP contribution in [0.3, 0.4) is 0 Å². The molecule has 3 heterocycles. The van der Waals surface area contributed by atoms with E-state index in [0.29, 0.717) is 19.5 Å². The minimum Gasteiger partial charge on any atom is -0.368 e. The van der Waals surface area contributed by atoms with Crippen molar-refractivity contribution >= 4 is 11.8 Å². The van der Waals surface area contributed by atoms with Crippen molar-refractivity contribution in [1.82, 2.24) is 15.3 Å². The second kappa shape index (κ2) is 6.56. The van der Waals surface area contributed by atoms with E-state index in [0.717, 1.165) is 37.0 Å². The van der Waals surface area contributed by atoms with Gasteiger partial charge >= 0.3 is 0 Å². The lowest BCUT2D eigenvalue weighted by molar-refractivity contribution is 0.356. The lowest BCUT2D eigenvalue weighted by Gasteiger charge is -2.18. The standard InChI is InChI=1S/C15H24FN5/c1-2-12-8-14(18-10-13-7-11(16)9-17-13)20-15(19-12)21-5-3-4-6-21/h8,11,13,17H,2-7,9-10H2,1H3,(H,18,19,20)/t11-,13-/m0/s1. The van der Waals surface area contributed by atoms with Gasteiger partial charge in [0.1, 0.15) is 12.0 Å². The molecule has 2 atom stereocenters. The van der Waals surface area contributed by atoms with Crippen LogP contribution in [0.5, 0.6) is 0 Å². The van der Waals surface area contributed by atoms with Gasteiger partial charge in [-0.3, -0.25) is 0 Å². The molecule has 0 radical (unpaired) electrons. The first-order valence-corrected chi connectivity index (χ1v) is 7.99. The third kappa shape index (κ3) is 3.61. The molecule has 2 N–H and O–H groups in total. The van der Waals surface area contributed by atoms with E-state index < -0.39 is 6.17 Å². The second-order valence-electron chi connectivity index (χ2n) is 5.91. The summed E-state index contributed by atoms with van der Waals surface area (Å²) in [6, 6.07) is 2.19. The van der Waals surface area contributed by atoms with Crippen LogP contribution < -0.4 is 15.5 Å². The summed E-state index contributed by atoms with van der Waals surface area (Å²) in [4.78, 5) is 11.5. The second-order valence-corrected chi connectivity index (χ2v) is 5.91. The quantitative estimate of drug-likeness (QED) is 0.866. The molecule has 0 saturated carbocycles. The zero-order valence-electron chi connectivity index (χ0n) is 12.6. The fourth-order valence-corrected chi connectivity index (χ4v) is 2.97. The Morgan fingerprint density at radius 1 is 1.38 bits per heavy atom. The van der Waals surface area contributed by atoms with Crippen molar-refractivity contribution in [3.05, 3.63) is 11.8 Å². The van der Waals surface area contributed by atoms with E-state index in [1.54, 1.807) is 0 Å². The first-order valence-electron chi connectivity index (χ1n) is 7.99. The zero-order chi connectivity index (χ0) is 14.7. The lowest BCUT2D eigenvalue weighted by Crippen LogP contribution is -2.30. The number of anilines is 2. The van der Waals surface area contributed by atoms with Gasteiger partial charge in [0, 0.05) is 44.0 Å². The van der Waals surface area contributed by atoms with Gasteiger partial charge in [-0.2, -0.15) is 4.98 Å². The average molecular weight is 293 g/mol. The number of hydrogen-bond acceptors (Lipinski definition) is 5. The van der Waals surface area contributed by atoms with E-state index in [2.05, 4.69) is 32.4 Å². The van der Waals surface area contributed by atoms with Crippen LogP contribution in [0.25, 0.3) is 0 Å². The number of rotatable bonds is 5. The molecular weight excluding hydrogens is 269 g/mol. The average Bonchev–Trinajstić information content (AvgIpc) is 3.16. The molecule has 21 heavy (non-hydrogen) atoms. The third-order valence-electron chi connectivity index (χ3n) is 4.22. The minimum absolute atomic E-state index is 0.190. The van der Waals surface area contributed by atoms with E-state index in [-0.39, 0.29) is 6.04 Å². The Kier molecular flexibility index (Phi) is 4.53. The third-order valence-corrected chi connectivity index (χ3v) is 4.22. The zero-order valence-corrected chi connectivity index (χ0v) is 12.6. The highest BCUT2D eigenvalue weighted by Gasteiger charge is 2.23. The van der Waals surface area contributed by atoms with Gasteiger partial charge in [-0.05, 0) is 25.7 Å². The van der Waals surface area contributed by atoms with Gasteiger partial charge in [-0.1, -0.05) is 6.92 Å². The number of aromatic nitrogens is 2. The van der Waals surface area contributed by atoms with Crippen LogP contribution in [-0.2, 0) is 6.42 Å². The van der Waals surface area contributed by atoms with Crippen molar-refractivity contribution < 1.29 is 4.39 Å². The molecule has 0 unspecified atom stereocenters. The molecule has 0 spiro atoms. The smallest absolute Gasteiger partial charge is 0.227 e. The highest BCUT2D eigenvalue weighted by Crippen LogP contribution is 2.19. The van der Waals surface area contributed by atoms with Crippen LogP contribution in [0.4, 0.5) is 16.2 Å². The van der Waals surface area contributed by atoms with Gasteiger partial charge in [0.05, 0.1) is 0 Å². The van der Waals surface area contributed by atoms with E-state index >= 15 is 0 Å². The van der Waals surface area contributed by atoms with Crippen molar-refractivity contribution in [3.8, 4) is 0 Å². The number of alkyl halides is 1. The summed E-state index contributed by atoms with van der Waals surface area (Å²) in [5, 5.41) is 6.52. The number of nitrogens with zero attached hydrogens (tertiary/aromatic N) is 3. The first kappa shape index (κ1) is 14.5. The maximum absolute atomic E-state index is 13.2. The minimum atomic E-state index is -0.714. The fourth-order valence-electron chi connectivity index (χ4n) is 2.97. The summed E-state index contributed by atoms with van der Waals surface area (Å²) in [6.07, 6.45) is 3.19. The molecule has 116 valence electrons. The topological polar surface area (TPSA) is 53.1 Å². The van der Waals surface area contributed by atoms with Crippen LogP contribution in [0, 0.1) is 0 Å². The molecule has 1 aromatic heterocycles. The van der Waals surface area contributed by atoms with Crippen molar-refractivity contribution in [3.63, 3.8) is 0 Å². The molecule has 5 nitrogen and oxygen atoms in total. The van der Waals surface area contributed by atoms with Crippen LogP contribution in [0.1, 0.15) is 31.9 Å². The summed E-state index contributed by atoms with van der Waals surface area (Å²) >= 11 is 0. The molecule has 6 heteroatoms. The maximum Gasteiger partial charge on any atom is 0.227 e. The van der Waals surface area contributed by atoms with Crippen molar-refractivity contribution in [2.45, 2.75) is 44.8 Å². The summed E-state index contributed by atoms with van der Waals surface area (Å²) in [5.74, 6) is 1.69. The van der Waals surface area contributed by atoms with Crippen molar-refractivity contribution in [1.29, 1.82) is 0 Å². The summed E-state index contributed by atoms with van der Waals surface area (Å²) in [6.45, 7) is 5.36. The molecule has 3 rings (SSSR count). The number of hydrogen-bond donors (Lipinski definition) is 2. The number of halogens is 1. The summed E-state index contributed by atoms with van der Waals surface area (Å²) in [7, 11) is 0. The maximum atomic E-state index is 13.2. The van der Waals surface area contributed by atoms with Crippen LogP contribution in [-0.4, -0.2) is 48.4 Å². The molecule has 1 aromatic rings. The molecule has 0 aromatic carbocycles. The van der Waals surface area contributed by atoms with E-state index in [9.17, 15) is 4.39 Å². The van der Waals surface area contributed by atoms with E-state index in [4.69, 9.17) is 0 Å². The van der Waals surface area contributed by atoms with Gasteiger partial charge in [0.2, 0.25) is 5.95 Å². The molecule has 2 aliphatic rings. The lowest BCUT2D eigenvalue weighted by atomic mass is 10.2. The predicted octanol–water partition coefficient (Wildman–Crippen LogP) is 1.75. The predicted molar refractivity (Wildman–Crippen MR) is 82.7 cm³/mol. The largest absolute Gasteiger partial charge is 0.368 e. The molecule has 2 saturated heterocycles. The van der Waals surface area contributed by atoms with Gasteiger partial charge in [0.25, 0.3) is 0 Å². The molecule has 0 amide bonds. The highest BCUT2D eigenvalue weighted by molar-refractivity contribution is 5.44. The van der Waals surface area contributed by atoms with Gasteiger partial charge < -0.3 is 15.5 Å². The van der Waals surface area contributed by atoms with Crippen LogP contribution in [0.2, 0.25) is 0 Å². The Labute approximate surface area is 125 Å². The Bertz CT molecular complexity index is 475. The molecule has 2 aliphatic heterocycles. The molecule has 2 fully saturated rings. The van der Waals surface area contributed by atoms with E-state index in [1.807, 2.05) is 6.07 Å². The summed E-state index contributed by atoms with van der Waals surface area (Å²) in [5.41, 5.74) is 1.05. The number of aryl methyl sites for hydroxylation is 1. The Morgan fingerprint density at radius 2 is 2.19 bits per heavy atom. The normalized spacial score (nSPS) is 25.5. The van der Waals surface area contributed by atoms with Crippen molar-refractivity contribution in [2.24, 2.45) is 0 Å². The monoisotopic (exact) mass is 293 g/mol. The van der Waals surface area contributed by atoms with Crippen LogP contribution in [0.15, 0.2) is 6.07 Å². The summed E-state index contributed by atoms with van der Waals surface area (Å²) < 4.78 is 13.2. The van der Waals surface area contributed by atoms with Gasteiger partial charge in [-0.25, -0.2) is 9.37 Å². The van der Waals surface area contributed by atoms with Gasteiger partial charge in [-0.15, -0.1) is 0 Å². The molecule has 0 aliphatic carbocycles.